The van der Waals surface area contributed by atoms with Gasteiger partial charge in [0.15, 0.2) is 0 Å². The fraction of sp³-hybridized carbons (Fsp3) is 0.158. The van der Waals surface area contributed by atoms with E-state index >= 15 is 0 Å². The van der Waals surface area contributed by atoms with Crippen molar-refractivity contribution in [2.24, 2.45) is 0 Å². The van der Waals surface area contributed by atoms with Crippen LogP contribution in [0.3, 0.4) is 0 Å². The minimum absolute atomic E-state index is 0.210. The molecule has 2 aromatic rings. The van der Waals surface area contributed by atoms with E-state index in [1.165, 1.54) is 11.3 Å². The minimum atomic E-state index is -0.210. The summed E-state index contributed by atoms with van der Waals surface area (Å²) >= 11 is 1.53. The van der Waals surface area contributed by atoms with E-state index in [2.05, 4.69) is 6.58 Å². The van der Waals surface area contributed by atoms with Crippen LogP contribution in [0, 0.1) is 5.82 Å². The fourth-order valence-corrected chi connectivity index (χ4v) is 2.53. The van der Waals surface area contributed by atoms with Gasteiger partial charge in [-0.2, -0.15) is 0 Å². The summed E-state index contributed by atoms with van der Waals surface area (Å²) in [6, 6.07) is 9.12. The van der Waals surface area contributed by atoms with Crippen molar-refractivity contribution in [3.8, 4) is 10.4 Å². The molecule has 0 fully saturated rings. The Morgan fingerprint density at radius 3 is 2.50 bits per heavy atom. The van der Waals surface area contributed by atoms with Gasteiger partial charge < -0.3 is 0 Å². The van der Waals surface area contributed by atoms with Crippen LogP contribution in [0.2, 0.25) is 0 Å². The summed E-state index contributed by atoms with van der Waals surface area (Å²) in [6.45, 7) is 9.51. The SMILES string of the molecule is CC.[B]/C(C=C)=C/C=C(\C)c1ccc(-c2cccs2)c(F)c1. The molecule has 0 aliphatic heterocycles. The maximum absolute atomic E-state index is 14.2. The lowest BCUT2D eigenvalue weighted by atomic mass is 9.94. The van der Waals surface area contributed by atoms with Gasteiger partial charge >= 0.3 is 0 Å². The highest BCUT2D eigenvalue weighted by Gasteiger charge is 2.07. The fourth-order valence-electron chi connectivity index (χ4n) is 1.78. The standard InChI is InChI=1S/C17H14BFS.C2H6/c1-3-14(18)8-6-12(2)13-7-9-15(16(19)11-13)17-5-4-10-20-17;1-2/h3-11H,1H2,2H3;1-2H3/b12-6+,14-8+;. The average molecular weight is 310 g/mol. The molecule has 1 aromatic heterocycles. The molecule has 1 aromatic carbocycles. The van der Waals surface area contributed by atoms with Crippen molar-refractivity contribution in [1.82, 2.24) is 0 Å². The lowest BCUT2D eigenvalue weighted by Gasteiger charge is -2.05. The van der Waals surface area contributed by atoms with Gasteiger partial charge in [-0.25, -0.2) is 4.39 Å². The molecule has 0 spiro atoms. The Hall–Kier alpha value is -1.87. The van der Waals surface area contributed by atoms with Gasteiger partial charge in [0.05, 0.1) is 0 Å². The first-order valence-electron chi connectivity index (χ1n) is 7.22. The highest BCUT2D eigenvalue weighted by atomic mass is 32.1. The molecule has 2 rings (SSSR count). The topological polar surface area (TPSA) is 0 Å². The zero-order valence-corrected chi connectivity index (χ0v) is 14.1. The molecular formula is C19H20BFS. The van der Waals surface area contributed by atoms with Gasteiger partial charge in [-0.1, -0.05) is 62.3 Å². The van der Waals surface area contributed by atoms with Crippen molar-refractivity contribution in [2.75, 3.05) is 0 Å². The van der Waals surface area contributed by atoms with Crippen LogP contribution in [0.25, 0.3) is 16.0 Å². The van der Waals surface area contributed by atoms with Crippen molar-refractivity contribution in [2.45, 2.75) is 20.8 Å². The van der Waals surface area contributed by atoms with E-state index in [0.29, 0.717) is 11.0 Å². The van der Waals surface area contributed by atoms with Crippen LogP contribution in [0.5, 0.6) is 0 Å². The van der Waals surface area contributed by atoms with Gasteiger partial charge in [0.25, 0.3) is 0 Å². The van der Waals surface area contributed by atoms with Gasteiger partial charge in [0, 0.05) is 10.4 Å². The third-order valence-electron chi connectivity index (χ3n) is 2.97. The molecule has 0 saturated heterocycles. The van der Waals surface area contributed by atoms with E-state index in [4.69, 9.17) is 7.85 Å². The monoisotopic (exact) mass is 310 g/mol. The van der Waals surface area contributed by atoms with Crippen molar-refractivity contribution in [3.63, 3.8) is 0 Å². The second kappa shape index (κ2) is 9.21. The van der Waals surface area contributed by atoms with Gasteiger partial charge in [-0.05, 0) is 35.6 Å². The first kappa shape index (κ1) is 18.2. The molecule has 3 heteroatoms. The third kappa shape index (κ3) is 4.85. The Bertz CT molecular complexity index is 667. The van der Waals surface area contributed by atoms with Crippen LogP contribution in [-0.2, 0) is 0 Å². The van der Waals surface area contributed by atoms with E-state index < -0.39 is 0 Å². The molecule has 1 heterocycles. The van der Waals surface area contributed by atoms with Gasteiger partial charge in [-0.3, -0.25) is 0 Å². The van der Waals surface area contributed by atoms with Gasteiger partial charge in [0.1, 0.15) is 13.7 Å². The highest BCUT2D eigenvalue weighted by Crippen LogP contribution is 2.29. The lowest BCUT2D eigenvalue weighted by molar-refractivity contribution is 0.631. The van der Waals surface area contributed by atoms with Gasteiger partial charge in [0.2, 0.25) is 0 Å². The van der Waals surface area contributed by atoms with Crippen molar-refractivity contribution in [1.29, 1.82) is 0 Å². The molecule has 0 saturated carbocycles. The molecule has 22 heavy (non-hydrogen) atoms. The van der Waals surface area contributed by atoms with E-state index in [0.717, 1.165) is 16.0 Å². The Kier molecular flexibility index (Phi) is 7.62. The van der Waals surface area contributed by atoms with Crippen molar-refractivity contribution < 1.29 is 4.39 Å². The molecule has 0 amide bonds. The molecule has 2 radical (unpaired) electrons. The summed E-state index contributed by atoms with van der Waals surface area (Å²) in [4.78, 5) is 0.937. The summed E-state index contributed by atoms with van der Waals surface area (Å²) in [7, 11) is 5.64. The average Bonchev–Trinajstić information content (AvgIpc) is 3.08. The predicted molar refractivity (Wildman–Crippen MR) is 98.7 cm³/mol. The summed E-state index contributed by atoms with van der Waals surface area (Å²) in [5.74, 6) is -0.210. The number of halogens is 1. The van der Waals surface area contributed by atoms with Crippen molar-refractivity contribution >= 4 is 24.8 Å². The Labute approximate surface area is 138 Å². The predicted octanol–water partition coefficient (Wildman–Crippen LogP) is 6.22. The maximum atomic E-state index is 14.2. The highest BCUT2D eigenvalue weighted by molar-refractivity contribution is 7.13. The Balaban J connectivity index is 0.00000116. The summed E-state index contributed by atoms with van der Waals surface area (Å²) in [5, 5.41) is 1.94. The third-order valence-corrected chi connectivity index (χ3v) is 3.88. The van der Waals surface area contributed by atoms with Crippen LogP contribution in [0.1, 0.15) is 26.3 Å². The largest absolute Gasteiger partial charge is 0.206 e. The molecule has 0 aliphatic rings. The van der Waals surface area contributed by atoms with Crippen molar-refractivity contribution in [3.05, 3.63) is 77.4 Å². The number of allylic oxidation sites excluding steroid dienone is 5. The molecular weight excluding hydrogens is 290 g/mol. The smallest absolute Gasteiger partial charge is 0.132 e. The Morgan fingerprint density at radius 2 is 1.95 bits per heavy atom. The molecule has 0 aliphatic carbocycles. The van der Waals surface area contributed by atoms with E-state index in [1.807, 2.05) is 56.5 Å². The molecule has 0 atom stereocenters. The van der Waals surface area contributed by atoms with E-state index in [-0.39, 0.29) is 5.82 Å². The lowest BCUT2D eigenvalue weighted by Crippen LogP contribution is -1.86. The number of benzene rings is 1. The second-order valence-corrected chi connectivity index (χ2v) is 5.34. The first-order valence-corrected chi connectivity index (χ1v) is 8.10. The van der Waals surface area contributed by atoms with Crippen LogP contribution < -0.4 is 0 Å². The summed E-state index contributed by atoms with van der Waals surface area (Å²) < 4.78 is 14.2. The van der Waals surface area contributed by atoms with E-state index in [9.17, 15) is 4.39 Å². The molecule has 0 N–H and O–H groups in total. The summed E-state index contributed by atoms with van der Waals surface area (Å²) in [5.41, 5.74) is 3.01. The molecule has 0 bridgehead atoms. The zero-order valence-electron chi connectivity index (χ0n) is 13.3. The first-order chi connectivity index (χ1) is 10.6. The normalized spacial score (nSPS) is 11.6. The molecule has 0 nitrogen and oxygen atoms in total. The van der Waals surface area contributed by atoms with Crippen LogP contribution in [0.15, 0.2) is 66.0 Å². The van der Waals surface area contributed by atoms with Crippen LogP contribution in [0.4, 0.5) is 4.39 Å². The number of thiophene rings is 1. The Morgan fingerprint density at radius 1 is 1.23 bits per heavy atom. The quantitative estimate of drug-likeness (QED) is 0.464. The van der Waals surface area contributed by atoms with Gasteiger partial charge in [-0.15, -0.1) is 11.3 Å². The summed E-state index contributed by atoms with van der Waals surface area (Å²) in [6.07, 6.45) is 5.19. The number of hydrogen-bond acceptors (Lipinski definition) is 1. The number of hydrogen-bond donors (Lipinski definition) is 0. The minimum Gasteiger partial charge on any atom is -0.206 e. The zero-order chi connectivity index (χ0) is 16.5. The van der Waals surface area contributed by atoms with E-state index in [1.54, 1.807) is 18.2 Å². The van der Waals surface area contributed by atoms with Crippen LogP contribution >= 0.6 is 11.3 Å². The molecule has 0 unspecified atom stereocenters. The maximum Gasteiger partial charge on any atom is 0.132 e. The van der Waals surface area contributed by atoms with Crippen LogP contribution in [-0.4, -0.2) is 7.85 Å². The molecule has 112 valence electrons. The second-order valence-electron chi connectivity index (χ2n) is 4.39. The number of rotatable bonds is 4.